The highest BCUT2D eigenvalue weighted by molar-refractivity contribution is 7.92. The van der Waals surface area contributed by atoms with Crippen LogP contribution in [0.2, 0.25) is 10.0 Å². The van der Waals surface area contributed by atoms with E-state index in [-0.39, 0.29) is 20.6 Å². The highest BCUT2D eigenvalue weighted by atomic mass is 35.5. The molecule has 0 aliphatic carbocycles. The molecule has 5 rings (SSSR count). The highest BCUT2D eigenvalue weighted by Gasteiger charge is 2.28. The number of sulfonamides is 1. The minimum absolute atomic E-state index is 0.129. The van der Waals surface area contributed by atoms with Crippen LogP contribution in [0.5, 0.6) is 0 Å². The Morgan fingerprint density at radius 1 is 0.944 bits per heavy atom. The van der Waals surface area contributed by atoms with Crippen molar-refractivity contribution in [2.24, 2.45) is 0 Å². The van der Waals surface area contributed by atoms with Crippen LogP contribution in [0, 0.1) is 6.92 Å². The number of carboxylic acid groups (broad SMARTS) is 1. The molecule has 0 atom stereocenters. The average Bonchev–Trinajstić information content (AvgIpc) is 3.24. The second-order valence-corrected chi connectivity index (χ2v) is 11.0. The van der Waals surface area contributed by atoms with E-state index in [2.05, 4.69) is 4.98 Å². The molecule has 0 amide bonds. The topological polar surface area (TPSA) is 92.5 Å². The summed E-state index contributed by atoms with van der Waals surface area (Å²) in [6.07, 6.45) is 1.88. The molecule has 0 bridgehead atoms. The summed E-state index contributed by atoms with van der Waals surface area (Å²) in [6, 6.07) is 20.6. The number of rotatable bonds is 6. The molecule has 0 aliphatic rings. The number of aromatic nitrogens is 2. The van der Waals surface area contributed by atoms with Crippen molar-refractivity contribution in [3.8, 4) is 5.69 Å². The molecule has 0 radical (unpaired) electrons. The summed E-state index contributed by atoms with van der Waals surface area (Å²) in [6.45, 7) is 1.18. The molecule has 182 valence electrons. The molecule has 0 unspecified atom stereocenters. The van der Waals surface area contributed by atoms with Crippen molar-refractivity contribution in [1.82, 2.24) is 9.55 Å². The number of carboxylic acids is 1. The minimum atomic E-state index is -4.27. The van der Waals surface area contributed by atoms with Gasteiger partial charge in [-0.25, -0.2) is 8.42 Å². The molecule has 0 fully saturated rings. The molecule has 36 heavy (non-hydrogen) atoms. The SMILES string of the molecule is Cc1ccc2cc(-n3ccc4cc(N(CC(=O)O)S(=O)(=O)c5cc(Cl)cc(Cl)c5)ccc43)ccc2n1. The number of benzene rings is 3. The van der Waals surface area contributed by atoms with E-state index in [4.69, 9.17) is 23.2 Å². The first-order chi connectivity index (χ1) is 17.1. The van der Waals surface area contributed by atoms with Gasteiger partial charge in [0.25, 0.3) is 10.0 Å². The maximum Gasteiger partial charge on any atom is 0.324 e. The predicted octanol–water partition coefficient (Wildman–Crippen LogP) is 6.07. The Balaban J connectivity index is 1.58. The van der Waals surface area contributed by atoms with Gasteiger partial charge in [-0.15, -0.1) is 0 Å². The van der Waals surface area contributed by atoms with Gasteiger partial charge in [0.15, 0.2) is 0 Å². The third-order valence-electron chi connectivity index (χ3n) is 5.75. The smallest absolute Gasteiger partial charge is 0.324 e. The van der Waals surface area contributed by atoms with Gasteiger partial charge in [-0.3, -0.25) is 14.1 Å². The number of pyridine rings is 1. The number of nitrogens with zero attached hydrogens (tertiary/aromatic N) is 3. The van der Waals surface area contributed by atoms with E-state index in [9.17, 15) is 18.3 Å². The Morgan fingerprint density at radius 3 is 2.42 bits per heavy atom. The van der Waals surface area contributed by atoms with Gasteiger partial charge < -0.3 is 9.67 Å². The van der Waals surface area contributed by atoms with E-state index < -0.39 is 22.5 Å². The van der Waals surface area contributed by atoms with Gasteiger partial charge in [-0.05, 0) is 73.7 Å². The molecule has 5 aromatic rings. The largest absolute Gasteiger partial charge is 0.480 e. The Hall–Kier alpha value is -3.59. The monoisotopic (exact) mass is 539 g/mol. The molecule has 2 heterocycles. The summed E-state index contributed by atoms with van der Waals surface area (Å²) < 4.78 is 29.6. The zero-order chi connectivity index (χ0) is 25.6. The number of aryl methyl sites for hydroxylation is 1. The van der Waals surface area contributed by atoms with Gasteiger partial charge in [-0.2, -0.15) is 0 Å². The number of fused-ring (bicyclic) bond motifs is 2. The van der Waals surface area contributed by atoms with Gasteiger partial charge in [0.05, 0.1) is 21.6 Å². The summed E-state index contributed by atoms with van der Waals surface area (Å²) in [5, 5.41) is 11.5. The molecule has 0 aliphatic heterocycles. The van der Waals surface area contributed by atoms with Crippen molar-refractivity contribution in [2.75, 3.05) is 10.8 Å². The predicted molar refractivity (Wildman–Crippen MR) is 142 cm³/mol. The van der Waals surface area contributed by atoms with Gasteiger partial charge in [-0.1, -0.05) is 29.3 Å². The van der Waals surface area contributed by atoms with Crippen LogP contribution >= 0.6 is 23.2 Å². The lowest BCUT2D eigenvalue weighted by atomic mass is 10.1. The fourth-order valence-corrected chi connectivity index (χ4v) is 6.25. The fraction of sp³-hybridized carbons (Fsp3) is 0.0769. The van der Waals surface area contributed by atoms with E-state index in [1.807, 2.05) is 54.1 Å². The van der Waals surface area contributed by atoms with Crippen molar-refractivity contribution < 1.29 is 18.3 Å². The average molecular weight is 540 g/mol. The van der Waals surface area contributed by atoms with Crippen molar-refractivity contribution in [3.05, 3.63) is 94.7 Å². The van der Waals surface area contributed by atoms with E-state index in [1.165, 1.54) is 18.2 Å². The van der Waals surface area contributed by atoms with E-state index in [1.54, 1.807) is 18.2 Å². The van der Waals surface area contributed by atoms with Gasteiger partial charge >= 0.3 is 5.97 Å². The van der Waals surface area contributed by atoms with Crippen LogP contribution in [-0.2, 0) is 14.8 Å². The first-order valence-electron chi connectivity index (χ1n) is 10.8. The summed E-state index contributed by atoms with van der Waals surface area (Å²) in [4.78, 5) is 16.0. The van der Waals surface area contributed by atoms with E-state index in [0.29, 0.717) is 0 Å². The molecule has 0 saturated carbocycles. The lowest BCUT2D eigenvalue weighted by molar-refractivity contribution is -0.135. The number of aliphatic carboxylic acids is 1. The number of hydrogen-bond donors (Lipinski definition) is 1. The van der Waals surface area contributed by atoms with Crippen LogP contribution in [0.15, 0.2) is 83.9 Å². The van der Waals surface area contributed by atoms with Crippen molar-refractivity contribution in [3.63, 3.8) is 0 Å². The summed E-state index contributed by atoms with van der Waals surface area (Å²) in [5.41, 5.74) is 3.79. The van der Waals surface area contributed by atoms with Gasteiger partial charge in [0, 0.05) is 38.4 Å². The van der Waals surface area contributed by atoms with Crippen LogP contribution in [0.1, 0.15) is 5.69 Å². The standard InChI is InChI=1S/C26H19Cl2N3O4S/c1-16-2-3-17-10-21(4-6-24(17)29-16)30-9-8-18-11-22(5-7-25(18)30)31(15-26(32)33)36(34,35)23-13-19(27)12-20(28)14-23/h2-14H,15H2,1H3,(H,32,33). The third kappa shape index (κ3) is 4.51. The lowest BCUT2D eigenvalue weighted by Gasteiger charge is -2.23. The van der Waals surface area contributed by atoms with Crippen LogP contribution in [0.25, 0.3) is 27.5 Å². The molecule has 10 heteroatoms. The summed E-state index contributed by atoms with van der Waals surface area (Å²) >= 11 is 12.0. The first kappa shape index (κ1) is 24.1. The van der Waals surface area contributed by atoms with Gasteiger partial charge in [0.2, 0.25) is 0 Å². The molecule has 1 N–H and O–H groups in total. The van der Waals surface area contributed by atoms with Crippen molar-refractivity contribution in [1.29, 1.82) is 0 Å². The van der Waals surface area contributed by atoms with Gasteiger partial charge in [0.1, 0.15) is 6.54 Å². The maximum absolute atomic E-state index is 13.4. The Bertz CT molecular complexity index is 1750. The quantitative estimate of drug-likeness (QED) is 0.282. The van der Waals surface area contributed by atoms with Crippen LogP contribution < -0.4 is 4.31 Å². The number of hydrogen-bond acceptors (Lipinski definition) is 4. The molecule has 7 nitrogen and oxygen atoms in total. The molecule has 0 spiro atoms. The number of anilines is 1. The zero-order valence-electron chi connectivity index (χ0n) is 18.9. The molecule has 3 aromatic carbocycles. The lowest BCUT2D eigenvalue weighted by Crippen LogP contribution is -2.35. The molecule has 0 saturated heterocycles. The van der Waals surface area contributed by atoms with Crippen molar-refractivity contribution in [2.45, 2.75) is 11.8 Å². The Morgan fingerprint density at radius 2 is 1.69 bits per heavy atom. The molecule has 2 aromatic heterocycles. The first-order valence-corrected chi connectivity index (χ1v) is 13.0. The number of halogens is 2. The van der Waals surface area contributed by atoms with Crippen molar-refractivity contribution >= 4 is 66.7 Å². The Kier molecular flexibility index (Phi) is 6.12. The second-order valence-electron chi connectivity index (χ2n) is 8.27. The molecular formula is C26H19Cl2N3O4S. The number of carbonyl (C=O) groups is 1. The second kappa shape index (κ2) is 9.13. The minimum Gasteiger partial charge on any atom is -0.480 e. The normalized spacial score (nSPS) is 11.8. The maximum atomic E-state index is 13.4. The van der Waals surface area contributed by atoms with Crippen LogP contribution in [-0.4, -0.2) is 35.6 Å². The van der Waals surface area contributed by atoms with E-state index in [0.717, 1.165) is 37.5 Å². The highest BCUT2D eigenvalue weighted by Crippen LogP contribution is 2.31. The van der Waals surface area contributed by atoms with E-state index >= 15 is 0 Å². The summed E-state index contributed by atoms with van der Waals surface area (Å²) in [7, 11) is -4.27. The van der Waals surface area contributed by atoms with Crippen LogP contribution in [0.4, 0.5) is 5.69 Å². The zero-order valence-corrected chi connectivity index (χ0v) is 21.2. The van der Waals surface area contributed by atoms with Crippen LogP contribution in [0.3, 0.4) is 0 Å². The summed E-state index contributed by atoms with van der Waals surface area (Å²) in [5.74, 6) is -1.30. The Labute approximate surface area is 217 Å². The third-order valence-corrected chi connectivity index (χ3v) is 7.94. The fourth-order valence-electron chi connectivity index (χ4n) is 4.12. The molecular weight excluding hydrogens is 521 g/mol.